The molecule has 1 aromatic rings. The fourth-order valence-electron chi connectivity index (χ4n) is 1.20. The van der Waals surface area contributed by atoms with Gasteiger partial charge >= 0.3 is 0 Å². The lowest BCUT2D eigenvalue weighted by molar-refractivity contribution is -0.130. The molecule has 1 amide bonds. The zero-order valence-corrected chi connectivity index (χ0v) is 11.6. The molecule has 1 N–H and O–H groups in total. The number of carbonyl (C=O) groups is 1. The molecule has 0 unspecified atom stereocenters. The number of aryl methyl sites for hydroxylation is 1. The highest BCUT2D eigenvalue weighted by Gasteiger charge is 2.14. The van der Waals surface area contributed by atoms with Gasteiger partial charge in [-0.05, 0) is 13.8 Å². The molecule has 1 aromatic heterocycles. The summed E-state index contributed by atoms with van der Waals surface area (Å²) in [4.78, 5) is 17.4. The zero-order valence-electron chi connectivity index (χ0n) is 9.98. The van der Waals surface area contributed by atoms with Gasteiger partial charge in [0.25, 0.3) is 0 Å². The summed E-state index contributed by atoms with van der Waals surface area (Å²) < 4.78 is 0. The van der Waals surface area contributed by atoms with Crippen molar-refractivity contribution >= 4 is 29.7 Å². The molecule has 0 aliphatic rings. The molecule has 6 heteroatoms. The Balaban J connectivity index is 0.00000225. The number of aromatic nitrogens is 1. The van der Waals surface area contributed by atoms with Crippen molar-refractivity contribution in [2.75, 3.05) is 14.1 Å². The number of likely N-dealkylation sites (N-methyl/N-ethyl adjacent to an activating group) is 1. The van der Waals surface area contributed by atoms with E-state index >= 15 is 0 Å². The molecule has 1 atom stereocenters. The van der Waals surface area contributed by atoms with Crippen LogP contribution in [0.4, 0.5) is 0 Å². The number of halogens is 1. The molecule has 1 rings (SSSR count). The first-order valence-electron chi connectivity index (χ1n) is 4.86. The van der Waals surface area contributed by atoms with E-state index in [0.717, 1.165) is 10.7 Å². The number of amides is 1. The Labute approximate surface area is 106 Å². The second-order valence-corrected chi connectivity index (χ2v) is 4.66. The second-order valence-electron chi connectivity index (χ2n) is 3.72. The van der Waals surface area contributed by atoms with Gasteiger partial charge < -0.3 is 4.90 Å². The van der Waals surface area contributed by atoms with E-state index in [-0.39, 0.29) is 24.4 Å². The van der Waals surface area contributed by atoms with Crippen molar-refractivity contribution < 1.29 is 4.79 Å². The van der Waals surface area contributed by atoms with Gasteiger partial charge in [0, 0.05) is 31.7 Å². The highest BCUT2D eigenvalue weighted by Crippen LogP contribution is 2.08. The zero-order chi connectivity index (χ0) is 11.4. The Morgan fingerprint density at radius 1 is 1.62 bits per heavy atom. The number of nitrogens with one attached hydrogen (secondary N) is 1. The smallest absolute Gasteiger partial charge is 0.238 e. The predicted octanol–water partition coefficient (Wildman–Crippen LogP) is 1.44. The number of thiazole rings is 1. The van der Waals surface area contributed by atoms with Gasteiger partial charge in [0.2, 0.25) is 5.91 Å². The minimum Gasteiger partial charge on any atom is -0.347 e. The SMILES string of the molecule is Cc1csc(CN[C@H](C)C(=O)N(C)C)n1.Cl. The van der Waals surface area contributed by atoms with E-state index in [1.807, 2.05) is 19.2 Å². The summed E-state index contributed by atoms with van der Waals surface area (Å²) in [5, 5.41) is 6.18. The van der Waals surface area contributed by atoms with Crippen LogP contribution in [0.25, 0.3) is 0 Å². The molecule has 0 spiro atoms. The molecular weight excluding hydrogens is 246 g/mol. The van der Waals surface area contributed by atoms with Crippen LogP contribution >= 0.6 is 23.7 Å². The average molecular weight is 264 g/mol. The van der Waals surface area contributed by atoms with E-state index in [1.165, 1.54) is 0 Å². The van der Waals surface area contributed by atoms with E-state index in [2.05, 4.69) is 10.3 Å². The van der Waals surface area contributed by atoms with Gasteiger partial charge in [-0.3, -0.25) is 10.1 Å². The maximum Gasteiger partial charge on any atom is 0.238 e. The van der Waals surface area contributed by atoms with Crippen molar-refractivity contribution in [3.63, 3.8) is 0 Å². The fourth-order valence-corrected chi connectivity index (χ4v) is 1.92. The summed E-state index contributed by atoms with van der Waals surface area (Å²) >= 11 is 1.61. The van der Waals surface area contributed by atoms with Crippen molar-refractivity contribution in [2.24, 2.45) is 0 Å². The summed E-state index contributed by atoms with van der Waals surface area (Å²) in [5.74, 6) is 0.0864. The van der Waals surface area contributed by atoms with Crippen molar-refractivity contribution in [3.05, 3.63) is 16.1 Å². The van der Waals surface area contributed by atoms with Gasteiger partial charge in [0.05, 0.1) is 6.04 Å². The number of rotatable bonds is 4. The van der Waals surface area contributed by atoms with Gasteiger partial charge in [-0.1, -0.05) is 0 Å². The molecule has 0 saturated carbocycles. The van der Waals surface area contributed by atoms with Gasteiger partial charge in [0.1, 0.15) is 5.01 Å². The summed E-state index contributed by atoms with van der Waals surface area (Å²) in [5.41, 5.74) is 1.03. The summed E-state index contributed by atoms with van der Waals surface area (Å²) in [6.07, 6.45) is 0. The van der Waals surface area contributed by atoms with Crippen molar-refractivity contribution in [2.45, 2.75) is 26.4 Å². The van der Waals surface area contributed by atoms with E-state index < -0.39 is 0 Å². The van der Waals surface area contributed by atoms with Gasteiger partial charge in [-0.25, -0.2) is 4.98 Å². The third-order valence-electron chi connectivity index (χ3n) is 2.04. The summed E-state index contributed by atoms with van der Waals surface area (Å²) in [6.45, 7) is 4.48. The first kappa shape index (κ1) is 15.3. The monoisotopic (exact) mass is 263 g/mol. The average Bonchev–Trinajstić information content (AvgIpc) is 2.59. The molecular formula is C10H18ClN3OS. The van der Waals surface area contributed by atoms with Crippen LogP contribution in [0.3, 0.4) is 0 Å². The highest BCUT2D eigenvalue weighted by molar-refractivity contribution is 7.09. The lowest BCUT2D eigenvalue weighted by Gasteiger charge is -2.17. The molecule has 0 aliphatic carbocycles. The largest absolute Gasteiger partial charge is 0.347 e. The Kier molecular flexibility index (Phi) is 6.55. The molecule has 0 aromatic carbocycles. The lowest BCUT2D eigenvalue weighted by atomic mass is 10.3. The fraction of sp³-hybridized carbons (Fsp3) is 0.600. The van der Waals surface area contributed by atoms with Crippen LogP contribution in [0.2, 0.25) is 0 Å². The Morgan fingerprint density at radius 3 is 2.69 bits per heavy atom. The maximum absolute atomic E-state index is 11.5. The Hall–Kier alpha value is -0.650. The molecule has 0 bridgehead atoms. The number of nitrogens with zero attached hydrogens (tertiary/aromatic N) is 2. The quantitative estimate of drug-likeness (QED) is 0.894. The van der Waals surface area contributed by atoms with Crippen molar-refractivity contribution in [3.8, 4) is 0 Å². The summed E-state index contributed by atoms with van der Waals surface area (Å²) in [7, 11) is 3.52. The van der Waals surface area contributed by atoms with Crippen LogP contribution in [-0.4, -0.2) is 35.9 Å². The van der Waals surface area contributed by atoms with E-state index in [4.69, 9.17) is 0 Å². The first-order valence-corrected chi connectivity index (χ1v) is 5.74. The number of carbonyl (C=O) groups excluding carboxylic acids is 1. The summed E-state index contributed by atoms with van der Waals surface area (Å²) in [6, 6.07) is -0.163. The Bertz CT molecular complexity index is 341. The van der Waals surface area contributed by atoms with Gasteiger partial charge in [-0.2, -0.15) is 0 Å². The standard InChI is InChI=1S/C10H17N3OS.ClH/c1-7-6-15-9(12-7)5-11-8(2)10(14)13(3)4;/h6,8,11H,5H2,1-4H3;1H/t8-;/m1./s1. The first-order chi connectivity index (χ1) is 7.00. The van der Waals surface area contributed by atoms with Crippen LogP contribution in [0.15, 0.2) is 5.38 Å². The van der Waals surface area contributed by atoms with Crippen molar-refractivity contribution in [1.29, 1.82) is 0 Å². The normalized spacial score (nSPS) is 11.8. The maximum atomic E-state index is 11.5. The molecule has 92 valence electrons. The van der Waals surface area contributed by atoms with Crippen LogP contribution < -0.4 is 5.32 Å². The second kappa shape index (κ2) is 6.83. The van der Waals surface area contributed by atoms with Crippen LogP contribution in [0, 0.1) is 6.92 Å². The molecule has 4 nitrogen and oxygen atoms in total. The van der Waals surface area contributed by atoms with Crippen molar-refractivity contribution in [1.82, 2.24) is 15.2 Å². The molecule has 0 aliphatic heterocycles. The van der Waals surface area contributed by atoms with Gasteiger partial charge in [0.15, 0.2) is 0 Å². The topological polar surface area (TPSA) is 45.2 Å². The highest BCUT2D eigenvalue weighted by atomic mass is 35.5. The minimum atomic E-state index is -0.163. The molecule has 0 saturated heterocycles. The van der Waals surface area contributed by atoms with Crippen LogP contribution in [0.1, 0.15) is 17.6 Å². The van der Waals surface area contributed by atoms with E-state index in [1.54, 1.807) is 30.3 Å². The van der Waals surface area contributed by atoms with Crippen LogP contribution in [0.5, 0.6) is 0 Å². The predicted molar refractivity (Wildman–Crippen MR) is 69.1 cm³/mol. The molecule has 1 heterocycles. The Morgan fingerprint density at radius 2 is 2.25 bits per heavy atom. The number of hydrogen-bond acceptors (Lipinski definition) is 4. The molecule has 0 fully saturated rings. The molecule has 16 heavy (non-hydrogen) atoms. The van der Waals surface area contributed by atoms with E-state index in [0.29, 0.717) is 6.54 Å². The third kappa shape index (κ3) is 4.47. The van der Waals surface area contributed by atoms with Crippen LogP contribution in [-0.2, 0) is 11.3 Å². The van der Waals surface area contributed by atoms with E-state index in [9.17, 15) is 4.79 Å². The third-order valence-corrected chi connectivity index (χ3v) is 3.00. The number of hydrogen-bond donors (Lipinski definition) is 1. The minimum absolute atomic E-state index is 0. The van der Waals surface area contributed by atoms with Gasteiger partial charge in [-0.15, -0.1) is 23.7 Å². The molecule has 0 radical (unpaired) electrons. The lowest BCUT2D eigenvalue weighted by Crippen LogP contribution is -2.41.